The largest absolute Gasteiger partial charge is 0.384 e. The van der Waals surface area contributed by atoms with Gasteiger partial charge in [0.15, 0.2) is 0 Å². The van der Waals surface area contributed by atoms with E-state index in [-0.39, 0.29) is 30.6 Å². The molecule has 0 bridgehead atoms. The summed E-state index contributed by atoms with van der Waals surface area (Å²) in [5.74, 6) is -0.999. The van der Waals surface area contributed by atoms with E-state index in [1.807, 2.05) is 12.1 Å². The van der Waals surface area contributed by atoms with E-state index in [1.165, 1.54) is 5.56 Å². The van der Waals surface area contributed by atoms with Crippen LogP contribution in [0.2, 0.25) is 0 Å². The molecule has 1 aliphatic carbocycles. The minimum atomic E-state index is -0.956. The first-order valence-electron chi connectivity index (χ1n) is 20.0. The van der Waals surface area contributed by atoms with Crippen molar-refractivity contribution in [1.29, 1.82) is 0 Å². The van der Waals surface area contributed by atoms with Gasteiger partial charge in [0.1, 0.15) is 11.9 Å². The molecule has 55 heavy (non-hydrogen) atoms. The molecule has 0 saturated carbocycles. The van der Waals surface area contributed by atoms with Gasteiger partial charge < -0.3 is 20.4 Å². The zero-order valence-electron chi connectivity index (χ0n) is 31.9. The van der Waals surface area contributed by atoms with Gasteiger partial charge in [0.25, 0.3) is 11.8 Å². The molecule has 4 amide bonds. The molecule has 12 heteroatoms. The monoisotopic (exact) mass is 749 g/mol. The number of amides is 4. The van der Waals surface area contributed by atoms with Crippen molar-refractivity contribution in [2.24, 2.45) is 5.92 Å². The van der Waals surface area contributed by atoms with Gasteiger partial charge in [-0.1, -0.05) is 24.3 Å². The molecule has 3 aromatic rings. The molecule has 290 valence electrons. The highest BCUT2D eigenvalue weighted by Gasteiger charge is 2.45. The number of halogens is 1. The van der Waals surface area contributed by atoms with Gasteiger partial charge in [0.2, 0.25) is 11.8 Å². The molecule has 0 spiro atoms. The topological polar surface area (TPSA) is 117 Å². The van der Waals surface area contributed by atoms with E-state index in [2.05, 4.69) is 75.1 Å². The van der Waals surface area contributed by atoms with Gasteiger partial charge in [-0.25, -0.2) is 4.39 Å². The summed E-state index contributed by atoms with van der Waals surface area (Å²) >= 11 is 0. The van der Waals surface area contributed by atoms with E-state index in [4.69, 9.17) is 0 Å². The number of nitrogens with zero attached hydrogens (tertiary/aromatic N) is 4. The van der Waals surface area contributed by atoms with Crippen LogP contribution in [0, 0.1) is 11.7 Å². The molecule has 5 aliphatic rings. The van der Waals surface area contributed by atoms with Crippen LogP contribution in [0.25, 0.3) is 0 Å². The molecule has 0 radical (unpaired) electrons. The van der Waals surface area contributed by atoms with Crippen LogP contribution < -0.4 is 20.9 Å². The number of carbonyl (C=O) groups excluding carboxylic acids is 4. The van der Waals surface area contributed by atoms with Crippen LogP contribution >= 0.6 is 0 Å². The fraction of sp³-hybridized carbons (Fsp3) is 0.488. The summed E-state index contributed by atoms with van der Waals surface area (Å²) in [5.41, 5.74) is 6.07. The third-order valence-corrected chi connectivity index (χ3v) is 12.7. The Labute approximate surface area is 322 Å². The van der Waals surface area contributed by atoms with Crippen molar-refractivity contribution in [3.63, 3.8) is 0 Å². The molecule has 3 N–H and O–H groups in total. The molecule has 3 aromatic carbocycles. The number of aryl methyl sites for hydroxylation is 1. The fourth-order valence-corrected chi connectivity index (χ4v) is 9.61. The van der Waals surface area contributed by atoms with Crippen LogP contribution in [0.4, 0.5) is 15.8 Å². The lowest BCUT2D eigenvalue weighted by molar-refractivity contribution is -0.136. The maximum absolute atomic E-state index is 14.9. The molecular formula is C43H52FN7O4. The summed E-state index contributed by atoms with van der Waals surface area (Å²) < 4.78 is 14.9. The summed E-state index contributed by atoms with van der Waals surface area (Å²) in [6, 6.07) is 19.4. The van der Waals surface area contributed by atoms with Crippen molar-refractivity contribution < 1.29 is 23.6 Å². The number of anilines is 2. The highest BCUT2D eigenvalue weighted by Crippen LogP contribution is 2.42. The molecule has 4 aliphatic heterocycles. The lowest BCUT2D eigenvalue weighted by atomic mass is 9.93. The number of carbonyl (C=O) groups is 4. The zero-order chi connectivity index (χ0) is 38.2. The van der Waals surface area contributed by atoms with Gasteiger partial charge >= 0.3 is 0 Å². The van der Waals surface area contributed by atoms with Crippen molar-refractivity contribution in [1.82, 2.24) is 25.3 Å². The van der Waals surface area contributed by atoms with E-state index in [9.17, 15) is 23.6 Å². The molecule has 11 nitrogen and oxygen atoms in total. The van der Waals surface area contributed by atoms with Crippen LogP contribution in [-0.2, 0) is 16.0 Å². The molecule has 8 rings (SSSR count). The third kappa shape index (κ3) is 7.51. The molecule has 4 heterocycles. The number of imide groups is 2. The van der Waals surface area contributed by atoms with Gasteiger partial charge in [-0.15, -0.1) is 0 Å². The number of likely N-dealkylation sites (N-methyl/N-ethyl adjacent to an activating group) is 1. The first-order valence-corrected chi connectivity index (χ1v) is 20.0. The lowest BCUT2D eigenvalue weighted by Gasteiger charge is -2.34. The second-order valence-corrected chi connectivity index (χ2v) is 16.2. The van der Waals surface area contributed by atoms with E-state index in [0.29, 0.717) is 29.0 Å². The fourth-order valence-electron chi connectivity index (χ4n) is 9.61. The first kappa shape index (κ1) is 37.3. The molecule has 0 aromatic heterocycles. The maximum Gasteiger partial charge on any atom is 0.262 e. The quantitative estimate of drug-likeness (QED) is 0.181. The lowest BCUT2D eigenvalue weighted by Crippen LogP contribution is -2.54. The number of hydrogen-bond donors (Lipinski definition) is 3. The Morgan fingerprint density at radius 1 is 0.818 bits per heavy atom. The molecular weight excluding hydrogens is 698 g/mol. The summed E-state index contributed by atoms with van der Waals surface area (Å²) in [4.78, 5) is 58.5. The summed E-state index contributed by atoms with van der Waals surface area (Å²) in [6.07, 6.45) is 5.40. The van der Waals surface area contributed by atoms with Crippen LogP contribution in [0.3, 0.4) is 0 Å². The Kier molecular flexibility index (Phi) is 10.7. The van der Waals surface area contributed by atoms with Crippen molar-refractivity contribution >= 4 is 35.0 Å². The highest BCUT2D eigenvalue weighted by atomic mass is 19.1. The van der Waals surface area contributed by atoms with Crippen molar-refractivity contribution in [3.05, 3.63) is 94.3 Å². The molecule has 3 saturated heterocycles. The number of hydrogen-bond acceptors (Lipinski definition) is 9. The van der Waals surface area contributed by atoms with Crippen LogP contribution in [0.5, 0.6) is 0 Å². The van der Waals surface area contributed by atoms with Crippen molar-refractivity contribution in [3.8, 4) is 0 Å². The summed E-state index contributed by atoms with van der Waals surface area (Å²) in [7, 11) is 4.31. The molecule has 3 fully saturated rings. The highest BCUT2D eigenvalue weighted by molar-refractivity contribution is 6.23. The SMILES string of the molecule is CN(C)[C@H]1CN(C2CCc3cccc(F)c32)C[C@@H]1c1ccc(NCCNCCC2CCN(c3ccc4c(c3)C(=O)N(C3CCC(=O)NC3=O)C4=O)CC2)cc1. The third-order valence-electron chi connectivity index (χ3n) is 12.7. The Hall–Kier alpha value is -4.65. The Morgan fingerprint density at radius 3 is 2.35 bits per heavy atom. The van der Waals surface area contributed by atoms with E-state index in [0.717, 1.165) is 105 Å². The zero-order valence-corrected chi connectivity index (χ0v) is 31.9. The van der Waals surface area contributed by atoms with Crippen molar-refractivity contribution in [2.75, 3.05) is 70.1 Å². The molecule has 4 atom stereocenters. The second-order valence-electron chi connectivity index (χ2n) is 16.2. The van der Waals surface area contributed by atoms with Gasteiger partial charge in [-0.05, 0) is 113 Å². The van der Waals surface area contributed by atoms with Gasteiger partial charge in [0.05, 0.1) is 11.1 Å². The average Bonchev–Trinajstić information content (AvgIpc) is 3.89. The number of rotatable bonds is 12. The van der Waals surface area contributed by atoms with E-state index in [1.54, 1.807) is 18.2 Å². The Bertz CT molecular complexity index is 1950. The second kappa shape index (κ2) is 15.8. The van der Waals surface area contributed by atoms with Gasteiger partial charge in [-0.3, -0.25) is 34.3 Å². The number of piperidine rings is 2. The minimum Gasteiger partial charge on any atom is -0.384 e. The summed E-state index contributed by atoms with van der Waals surface area (Å²) in [5, 5.41) is 9.41. The normalized spacial score (nSPS) is 24.5. The summed E-state index contributed by atoms with van der Waals surface area (Å²) in [6.45, 7) is 6.29. The van der Waals surface area contributed by atoms with Crippen molar-refractivity contribution in [2.45, 2.75) is 69.0 Å². The number of fused-ring (bicyclic) bond motifs is 2. The Morgan fingerprint density at radius 2 is 1.58 bits per heavy atom. The van der Waals surface area contributed by atoms with Crippen LogP contribution in [0.15, 0.2) is 60.7 Å². The van der Waals surface area contributed by atoms with Crippen LogP contribution in [0.1, 0.15) is 87.9 Å². The predicted octanol–water partition coefficient (Wildman–Crippen LogP) is 4.55. The van der Waals surface area contributed by atoms with E-state index >= 15 is 0 Å². The average molecular weight is 750 g/mol. The predicted molar refractivity (Wildman–Crippen MR) is 210 cm³/mol. The van der Waals surface area contributed by atoms with Crippen LogP contribution in [-0.4, -0.2) is 110 Å². The number of benzene rings is 3. The first-order chi connectivity index (χ1) is 26.7. The molecule has 2 unspecified atom stereocenters. The smallest absolute Gasteiger partial charge is 0.262 e. The van der Waals surface area contributed by atoms with E-state index < -0.39 is 23.8 Å². The number of nitrogens with one attached hydrogen (secondary N) is 3. The number of likely N-dealkylation sites (tertiary alicyclic amines) is 1. The standard InChI is InChI=1S/C43H52FN7O4/c1-48(2)38-26-50(36-13-8-29-4-3-5-35(44)40(29)36)25-34(38)28-6-9-30(10-7-28)46-21-20-45-19-16-27-17-22-49(23-18-27)31-11-12-32-33(24-31)43(55)51(42(32)54)37-14-15-39(52)47-41(37)53/h3-7,9-12,24,27,34,36-38,45-46H,8,13-23,25-26H2,1-2H3,(H,47,52,53)/t34-,36?,37?,38+/m1/s1. The Balaban J connectivity index is 0.755. The minimum absolute atomic E-state index is 0.0620. The maximum atomic E-state index is 14.9. The van der Waals surface area contributed by atoms with Gasteiger partial charge in [0, 0.05) is 80.6 Å². The van der Waals surface area contributed by atoms with Gasteiger partial charge in [-0.2, -0.15) is 0 Å².